The molecule has 0 saturated heterocycles. The van der Waals surface area contributed by atoms with Gasteiger partial charge in [0.25, 0.3) is 0 Å². The first kappa shape index (κ1) is 30.8. The fourth-order valence-corrected chi connectivity index (χ4v) is 4.12. The molecule has 1 rings (SSSR count). The summed E-state index contributed by atoms with van der Waals surface area (Å²) >= 11 is 1.59. The van der Waals surface area contributed by atoms with E-state index < -0.39 is 34.9 Å². The number of nitrogens with zero attached hydrogens (tertiary/aromatic N) is 1. The maximum Gasteiger partial charge on any atom is 0.408 e. The van der Waals surface area contributed by atoms with E-state index in [4.69, 9.17) is 4.74 Å². The van der Waals surface area contributed by atoms with E-state index in [0.717, 1.165) is 11.1 Å². The standard InChI is InChI=1S/C27H45N3O4S/c1-18-13-12-14-19(17-18)21(22(31)29-25(2,3)4)30(26(5,6)7)23(32)20(15-16-35-11)28-24(33)34-27(8,9)10/h12-14,17,20-21H,15-16H2,1-11H3,(H,28,33)(H,29,31). The summed E-state index contributed by atoms with van der Waals surface area (Å²) in [5, 5.41) is 5.82. The summed E-state index contributed by atoms with van der Waals surface area (Å²) in [5.74, 6) is 0.0632. The molecule has 1 aromatic rings. The van der Waals surface area contributed by atoms with Gasteiger partial charge in [0.05, 0.1) is 0 Å². The number of benzene rings is 1. The molecule has 2 unspecified atom stereocenters. The molecule has 0 aliphatic rings. The van der Waals surface area contributed by atoms with Crippen molar-refractivity contribution >= 4 is 29.7 Å². The predicted molar refractivity (Wildman–Crippen MR) is 145 cm³/mol. The fourth-order valence-electron chi connectivity index (χ4n) is 3.65. The highest BCUT2D eigenvalue weighted by Gasteiger charge is 2.42. The van der Waals surface area contributed by atoms with Crippen molar-refractivity contribution in [2.24, 2.45) is 0 Å². The van der Waals surface area contributed by atoms with Crippen LogP contribution in [0.5, 0.6) is 0 Å². The van der Waals surface area contributed by atoms with Gasteiger partial charge in [0.15, 0.2) is 0 Å². The number of amides is 3. The van der Waals surface area contributed by atoms with E-state index in [0.29, 0.717) is 12.2 Å². The molecular weight excluding hydrogens is 462 g/mol. The van der Waals surface area contributed by atoms with Gasteiger partial charge in [-0.3, -0.25) is 9.59 Å². The highest BCUT2D eigenvalue weighted by Crippen LogP contribution is 2.31. The van der Waals surface area contributed by atoms with E-state index in [-0.39, 0.29) is 11.8 Å². The molecule has 0 aromatic heterocycles. The van der Waals surface area contributed by atoms with E-state index in [1.54, 1.807) is 37.4 Å². The lowest BCUT2D eigenvalue weighted by Gasteiger charge is -2.43. The Balaban J connectivity index is 3.56. The Morgan fingerprint density at radius 1 is 1.03 bits per heavy atom. The van der Waals surface area contributed by atoms with Gasteiger partial charge in [0.1, 0.15) is 17.7 Å². The molecule has 0 aliphatic heterocycles. The summed E-state index contributed by atoms with van der Waals surface area (Å²) in [6.45, 7) is 18.7. The quantitative estimate of drug-likeness (QED) is 0.503. The summed E-state index contributed by atoms with van der Waals surface area (Å²) in [7, 11) is 0. The zero-order chi connectivity index (χ0) is 27.2. The second-order valence-electron chi connectivity index (χ2n) is 11.9. The number of ether oxygens (including phenoxy) is 1. The Labute approximate surface area is 216 Å². The first-order valence-corrected chi connectivity index (χ1v) is 13.5. The summed E-state index contributed by atoms with van der Waals surface area (Å²) in [4.78, 5) is 42.0. The summed E-state index contributed by atoms with van der Waals surface area (Å²) < 4.78 is 5.43. The summed E-state index contributed by atoms with van der Waals surface area (Å²) in [6.07, 6.45) is 1.70. The maximum absolute atomic E-state index is 14.1. The number of carbonyl (C=O) groups excluding carboxylic acids is 3. The van der Waals surface area contributed by atoms with E-state index in [1.165, 1.54) is 0 Å². The lowest BCUT2D eigenvalue weighted by atomic mass is 9.93. The molecule has 0 spiro atoms. The highest BCUT2D eigenvalue weighted by molar-refractivity contribution is 7.98. The van der Waals surface area contributed by atoms with Gasteiger partial charge in [-0.2, -0.15) is 11.8 Å². The molecule has 35 heavy (non-hydrogen) atoms. The fraction of sp³-hybridized carbons (Fsp3) is 0.667. The topological polar surface area (TPSA) is 87.7 Å². The van der Waals surface area contributed by atoms with Gasteiger partial charge in [-0.25, -0.2) is 4.79 Å². The Hall–Kier alpha value is -2.22. The molecule has 8 heteroatoms. The third kappa shape index (κ3) is 10.5. The van der Waals surface area contributed by atoms with Crippen molar-refractivity contribution in [2.75, 3.05) is 12.0 Å². The third-order valence-corrected chi connectivity index (χ3v) is 5.57. The van der Waals surface area contributed by atoms with E-state index in [9.17, 15) is 14.4 Å². The van der Waals surface area contributed by atoms with Gasteiger partial charge in [0, 0.05) is 11.1 Å². The zero-order valence-electron chi connectivity index (χ0n) is 23.4. The first-order chi connectivity index (χ1) is 15.9. The van der Waals surface area contributed by atoms with Crippen LogP contribution in [0.3, 0.4) is 0 Å². The maximum atomic E-state index is 14.1. The normalized spacial score (nSPS) is 14.0. The third-order valence-electron chi connectivity index (χ3n) is 4.92. The largest absolute Gasteiger partial charge is 0.444 e. The van der Waals surface area contributed by atoms with Crippen molar-refractivity contribution in [3.63, 3.8) is 0 Å². The molecule has 1 aromatic carbocycles. The minimum atomic E-state index is -0.876. The van der Waals surface area contributed by atoms with Crippen LogP contribution >= 0.6 is 11.8 Å². The molecular formula is C27H45N3O4S. The Morgan fingerprint density at radius 2 is 1.63 bits per heavy atom. The number of hydrogen-bond acceptors (Lipinski definition) is 5. The molecule has 0 fully saturated rings. The molecule has 0 bridgehead atoms. The van der Waals surface area contributed by atoms with Crippen molar-refractivity contribution in [1.29, 1.82) is 0 Å². The van der Waals surface area contributed by atoms with Crippen molar-refractivity contribution in [3.8, 4) is 0 Å². The van der Waals surface area contributed by atoms with Gasteiger partial charge >= 0.3 is 6.09 Å². The van der Waals surface area contributed by atoms with Crippen LogP contribution < -0.4 is 10.6 Å². The molecule has 0 heterocycles. The number of hydrogen-bond donors (Lipinski definition) is 2. The van der Waals surface area contributed by atoms with E-state index in [2.05, 4.69) is 10.6 Å². The van der Waals surface area contributed by atoms with Crippen molar-refractivity contribution in [3.05, 3.63) is 35.4 Å². The van der Waals surface area contributed by atoms with Crippen LogP contribution in [0.15, 0.2) is 24.3 Å². The van der Waals surface area contributed by atoms with Crippen LogP contribution in [0.4, 0.5) is 4.79 Å². The molecule has 0 saturated carbocycles. The number of rotatable bonds is 8. The number of carbonyl (C=O) groups is 3. The molecule has 0 radical (unpaired) electrons. The molecule has 3 amide bonds. The van der Waals surface area contributed by atoms with Crippen molar-refractivity contribution in [1.82, 2.24) is 15.5 Å². The Kier molecular flexibility index (Phi) is 10.7. The van der Waals surface area contributed by atoms with Gasteiger partial charge in [-0.1, -0.05) is 29.8 Å². The first-order valence-electron chi connectivity index (χ1n) is 12.1. The molecule has 2 atom stereocenters. The number of aryl methyl sites for hydroxylation is 1. The van der Waals surface area contributed by atoms with Crippen molar-refractivity contribution in [2.45, 2.75) is 104 Å². The van der Waals surface area contributed by atoms with Crippen LogP contribution in [-0.4, -0.2) is 57.5 Å². The zero-order valence-corrected chi connectivity index (χ0v) is 24.2. The van der Waals surface area contributed by atoms with Gasteiger partial charge in [-0.15, -0.1) is 0 Å². The number of alkyl carbamates (subject to hydrolysis) is 1. The second-order valence-corrected chi connectivity index (χ2v) is 12.9. The predicted octanol–water partition coefficient (Wildman–Crippen LogP) is 5.22. The summed E-state index contributed by atoms with van der Waals surface area (Å²) in [5.41, 5.74) is -0.191. The molecule has 2 N–H and O–H groups in total. The Morgan fingerprint density at radius 3 is 2.09 bits per heavy atom. The number of thioether (sulfide) groups is 1. The van der Waals surface area contributed by atoms with Crippen LogP contribution in [0.25, 0.3) is 0 Å². The van der Waals surface area contributed by atoms with Crippen LogP contribution in [0.2, 0.25) is 0 Å². The minimum absolute atomic E-state index is 0.271. The van der Waals surface area contributed by atoms with E-state index >= 15 is 0 Å². The van der Waals surface area contributed by atoms with Gasteiger partial charge < -0.3 is 20.3 Å². The molecule has 0 aliphatic carbocycles. The van der Waals surface area contributed by atoms with Gasteiger partial charge in [0.2, 0.25) is 11.8 Å². The minimum Gasteiger partial charge on any atom is -0.444 e. The van der Waals surface area contributed by atoms with Crippen LogP contribution in [0, 0.1) is 6.92 Å². The lowest BCUT2D eigenvalue weighted by Crippen LogP contribution is -2.59. The lowest BCUT2D eigenvalue weighted by molar-refractivity contribution is -0.149. The van der Waals surface area contributed by atoms with Gasteiger partial charge in [-0.05, 0) is 93.2 Å². The average Bonchev–Trinajstić information content (AvgIpc) is 2.64. The van der Waals surface area contributed by atoms with Crippen molar-refractivity contribution < 1.29 is 19.1 Å². The SMILES string of the molecule is CSCCC(NC(=O)OC(C)(C)C)C(=O)N(C(C(=O)NC(C)(C)C)c1cccc(C)c1)C(C)(C)C. The number of nitrogens with one attached hydrogen (secondary N) is 2. The monoisotopic (exact) mass is 507 g/mol. The second kappa shape index (κ2) is 12.2. The molecule has 198 valence electrons. The average molecular weight is 508 g/mol. The van der Waals surface area contributed by atoms with E-state index in [1.807, 2.05) is 79.0 Å². The van der Waals surface area contributed by atoms with Crippen LogP contribution in [0.1, 0.15) is 85.9 Å². The van der Waals surface area contributed by atoms with Crippen LogP contribution in [-0.2, 0) is 14.3 Å². The highest BCUT2D eigenvalue weighted by atomic mass is 32.2. The smallest absolute Gasteiger partial charge is 0.408 e. The molecule has 7 nitrogen and oxygen atoms in total. The summed E-state index contributed by atoms with van der Waals surface area (Å²) in [6, 6.07) is 5.92. The Bertz CT molecular complexity index is 882.